The molecule has 0 radical (unpaired) electrons. The fraction of sp³-hybridized carbons (Fsp3) is 0.739. The molecule has 0 aliphatic carbocycles. The second-order valence-corrected chi connectivity index (χ2v) is 9.86. The molecule has 13 heteroatoms. The molecule has 3 saturated heterocycles. The largest absolute Gasteiger partial charge is 0.354 e. The summed E-state index contributed by atoms with van der Waals surface area (Å²) >= 11 is 0. The van der Waals surface area contributed by atoms with Gasteiger partial charge in [-0.25, -0.2) is 5.48 Å². The maximum absolute atomic E-state index is 13.4. The van der Waals surface area contributed by atoms with Crippen LogP contribution in [0.5, 0.6) is 0 Å². The first-order valence-electron chi connectivity index (χ1n) is 12.5. The monoisotopic (exact) mass is 508 g/mol. The molecule has 0 aromatic heterocycles. The van der Waals surface area contributed by atoms with Gasteiger partial charge in [0.15, 0.2) is 0 Å². The minimum absolute atomic E-state index is 0.0244. The van der Waals surface area contributed by atoms with E-state index in [-0.39, 0.29) is 37.6 Å². The first-order valence-corrected chi connectivity index (χ1v) is 12.5. The highest BCUT2D eigenvalue weighted by atomic mass is 16.5. The van der Waals surface area contributed by atoms with Crippen LogP contribution in [0.2, 0.25) is 0 Å². The van der Waals surface area contributed by atoms with Crippen molar-refractivity contribution >= 4 is 35.4 Å². The van der Waals surface area contributed by atoms with Crippen LogP contribution in [0.1, 0.15) is 58.8 Å². The third kappa shape index (κ3) is 6.31. The maximum atomic E-state index is 13.4. The van der Waals surface area contributed by atoms with Crippen molar-refractivity contribution in [1.29, 1.82) is 0 Å². The van der Waals surface area contributed by atoms with Crippen LogP contribution in [-0.2, 0) is 28.8 Å². The van der Waals surface area contributed by atoms with E-state index in [0.717, 1.165) is 0 Å². The summed E-state index contributed by atoms with van der Waals surface area (Å²) in [6, 6.07) is -3.61. The van der Waals surface area contributed by atoms with E-state index in [9.17, 15) is 28.8 Å². The molecule has 3 rings (SSSR count). The molecule has 36 heavy (non-hydrogen) atoms. The highest BCUT2D eigenvalue weighted by Gasteiger charge is 2.44. The third-order valence-corrected chi connectivity index (χ3v) is 6.96. The quantitative estimate of drug-likeness (QED) is 0.163. The second kappa shape index (κ2) is 12.2. The van der Waals surface area contributed by atoms with Gasteiger partial charge >= 0.3 is 0 Å². The van der Waals surface area contributed by atoms with Crippen LogP contribution in [0.15, 0.2) is 0 Å². The summed E-state index contributed by atoms with van der Waals surface area (Å²) in [6.45, 7) is 4.35. The Morgan fingerprint density at radius 1 is 1.00 bits per heavy atom. The molecule has 0 aromatic carbocycles. The Labute approximate surface area is 209 Å². The van der Waals surface area contributed by atoms with E-state index in [1.165, 1.54) is 15.3 Å². The average molecular weight is 509 g/mol. The predicted octanol–water partition coefficient (Wildman–Crippen LogP) is -1.60. The van der Waals surface area contributed by atoms with Crippen LogP contribution >= 0.6 is 0 Å². The average Bonchev–Trinajstić information content (AvgIpc) is 3.53. The zero-order valence-electron chi connectivity index (χ0n) is 20.7. The van der Waals surface area contributed by atoms with Crippen molar-refractivity contribution in [3.05, 3.63) is 0 Å². The van der Waals surface area contributed by atoms with Crippen molar-refractivity contribution in [3.63, 3.8) is 0 Å². The van der Waals surface area contributed by atoms with Crippen molar-refractivity contribution in [2.75, 3.05) is 19.6 Å². The molecule has 0 unspecified atom stereocenters. The number of hydrogen-bond donors (Lipinski definition) is 5. The van der Waals surface area contributed by atoms with Gasteiger partial charge in [-0.1, -0.05) is 13.8 Å². The lowest BCUT2D eigenvalue weighted by molar-refractivity contribution is -0.147. The van der Waals surface area contributed by atoms with E-state index in [1.807, 2.05) is 0 Å². The van der Waals surface area contributed by atoms with Crippen LogP contribution in [0, 0.1) is 5.92 Å². The lowest BCUT2D eigenvalue weighted by Gasteiger charge is -2.31. The van der Waals surface area contributed by atoms with Gasteiger partial charge in [-0.15, -0.1) is 0 Å². The Balaban J connectivity index is 1.84. The summed E-state index contributed by atoms with van der Waals surface area (Å²) in [5, 5.41) is 16.6. The zero-order valence-corrected chi connectivity index (χ0v) is 20.7. The number of amides is 6. The first kappa shape index (κ1) is 27.4. The number of nitrogens with zero attached hydrogens (tertiary/aromatic N) is 2. The Bertz CT molecular complexity index is 884. The second-order valence-electron chi connectivity index (χ2n) is 9.86. The predicted molar refractivity (Wildman–Crippen MR) is 125 cm³/mol. The van der Waals surface area contributed by atoms with E-state index in [0.29, 0.717) is 38.8 Å². The van der Waals surface area contributed by atoms with E-state index in [1.54, 1.807) is 13.8 Å². The van der Waals surface area contributed by atoms with Gasteiger partial charge in [0, 0.05) is 26.1 Å². The molecule has 3 aliphatic rings. The summed E-state index contributed by atoms with van der Waals surface area (Å²) in [5.74, 6) is -3.26. The first-order chi connectivity index (χ1) is 17.1. The number of rotatable bonds is 6. The van der Waals surface area contributed by atoms with Gasteiger partial charge in [0.25, 0.3) is 0 Å². The molecule has 3 fully saturated rings. The minimum atomic E-state index is -1.23. The molecule has 0 saturated carbocycles. The summed E-state index contributed by atoms with van der Waals surface area (Å²) in [6.07, 6.45) is 2.09. The number of carbonyl (C=O) groups is 6. The Morgan fingerprint density at radius 3 is 2.33 bits per heavy atom. The molecule has 4 atom stereocenters. The van der Waals surface area contributed by atoms with Gasteiger partial charge in [-0.3, -0.25) is 34.0 Å². The number of fused-ring (bicyclic) bond motifs is 2. The Morgan fingerprint density at radius 2 is 1.67 bits per heavy atom. The molecule has 0 spiro atoms. The van der Waals surface area contributed by atoms with Gasteiger partial charge in [-0.2, -0.15) is 0 Å². The Hall–Kier alpha value is -3.22. The normalized spacial score (nSPS) is 27.3. The molecular formula is C23H36N6O7. The molecule has 5 N–H and O–H groups in total. The van der Waals surface area contributed by atoms with Crippen molar-refractivity contribution < 1.29 is 34.0 Å². The highest BCUT2D eigenvalue weighted by Crippen LogP contribution is 2.26. The SMILES string of the molecule is CC(C)[C@@H]1NC(=O)[C@@H]2CCCN2C(=O)[C@@H]2CCCN2C(=O)C[C@@H](C(=O)NCCCC(=O)NO)NC1=O. The third-order valence-electron chi connectivity index (χ3n) is 6.96. The molecule has 200 valence electrons. The summed E-state index contributed by atoms with van der Waals surface area (Å²) < 4.78 is 0. The smallest absolute Gasteiger partial charge is 0.246 e. The number of nitrogens with one attached hydrogen (secondary N) is 4. The van der Waals surface area contributed by atoms with E-state index < -0.39 is 53.7 Å². The lowest BCUT2D eigenvalue weighted by atomic mass is 10.0. The van der Waals surface area contributed by atoms with Crippen molar-refractivity contribution in [1.82, 2.24) is 31.2 Å². The van der Waals surface area contributed by atoms with Crippen molar-refractivity contribution in [2.45, 2.75) is 83.0 Å². The van der Waals surface area contributed by atoms with E-state index in [4.69, 9.17) is 5.21 Å². The number of carbonyl (C=O) groups excluding carboxylic acids is 6. The molecule has 0 bridgehead atoms. The van der Waals surface area contributed by atoms with Crippen LogP contribution in [0.25, 0.3) is 0 Å². The summed E-state index contributed by atoms with van der Waals surface area (Å²) in [5.41, 5.74) is 1.51. The molecule has 0 aromatic rings. The fourth-order valence-corrected chi connectivity index (χ4v) is 5.00. The lowest BCUT2D eigenvalue weighted by Crippen LogP contribution is -2.58. The van der Waals surface area contributed by atoms with E-state index in [2.05, 4.69) is 16.0 Å². The maximum Gasteiger partial charge on any atom is 0.246 e. The zero-order chi connectivity index (χ0) is 26.4. The van der Waals surface area contributed by atoms with Gasteiger partial charge in [0.05, 0.1) is 6.42 Å². The van der Waals surface area contributed by atoms with Crippen LogP contribution in [0.3, 0.4) is 0 Å². The van der Waals surface area contributed by atoms with E-state index >= 15 is 0 Å². The standard InChI is InChI=1S/C23H36N6O7/c1-13(2)19-22(34)25-14(20(32)24-9-3-8-17(30)27-36)12-18(31)28-10-5-7-16(28)23(35)29-11-4-6-15(29)21(33)26-19/h13-16,19,36H,3-12H2,1-2H3,(H,24,32)(H,25,34)(H,26,33)(H,27,30)/t14-,15-,16-,19-/m0/s1. The van der Waals surface area contributed by atoms with Gasteiger partial charge < -0.3 is 25.8 Å². The molecule has 13 nitrogen and oxygen atoms in total. The summed E-state index contributed by atoms with van der Waals surface area (Å²) in [7, 11) is 0. The highest BCUT2D eigenvalue weighted by molar-refractivity contribution is 5.98. The van der Waals surface area contributed by atoms with Gasteiger partial charge in [0.2, 0.25) is 35.4 Å². The summed E-state index contributed by atoms with van der Waals surface area (Å²) in [4.78, 5) is 80.0. The van der Waals surface area contributed by atoms with Crippen molar-refractivity contribution in [3.8, 4) is 0 Å². The number of hydrogen-bond acceptors (Lipinski definition) is 7. The van der Waals surface area contributed by atoms with Crippen molar-refractivity contribution in [2.24, 2.45) is 5.92 Å². The Kier molecular flexibility index (Phi) is 9.24. The van der Waals surface area contributed by atoms with Crippen LogP contribution in [-0.4, -0.2) is 94.3 Å². The molecular weight excluding hydrogens is 472 g/mol. The number of hydroxylamine groups is 1. The topological polar surface area (TPSA) is 177 Å². The molecule has 6 amide bonds. The molecule has 3 aliphatic heterocycles. The van der Waals surface area contributed by atoms with Crippen LogP contribution < -0.4 is 21.4 Å². The van der Waals surface area contributed by atoms with Gasteiger partial charge in [-0.05, 0) is 38.0 Å². The van der Waals surface area contributed by atoms with Crippen LogP contribution in [0.4, 0.5) is 0 Å². The van der Waals surface area contributed by atoms with Gasteiger partial charge in [0.1, 0.15) is 24.2 Å². The minimum Gasteiger partial charge on any atom is -0.354 e. The molecule has 3 heterocycles. The fourth-order valence-electron chi connectivity index (χ4n) is 5.00.